The summed E-state index contributed by atoms with van der Waals surface area (Å²) >= 11 is 0. The van der Waals surface area contributed by atoms with Crippen molar-refractivity contribution in [2.24, 2.45) is 0 Å². The van der Waals surface area contributed by atoms with Gasteiger partial charge in [0.2, 0.25) is 0 Å². The molecule has 2 aromatic rings. The summed E-state index contributed by atoms with van der Waals surface area (Å²) in [4.78, 5) is 12.9. The highest BCUT2D eigenvalue weighted by molar-refractivity contribution is 5.85. The third-order valence-corrected chi connectivity index (χ3v) is 5.49. The topological polar surface area (TPSA) is 68.8 Å². The minimum Gasteiger partial charge on any atom is -0.493 e. The Bertz CT molecular complexity index is 804. The number of hydrogen-bond acceptors (Lipinski definition) is 5. The van der Waals surface area contributed by atoms with E-state index in [4.69, 9.17) is 14.2 Å². The fourth-order valence-corrected chi connectivity index (χ4v) is 3.57. The molecule has 1 saturated heterocycles. The summed E-state index contributed by atoms with van der Waals surface area (Å²) in [5.74, 6) is 1.24. The molecular weight excluding hydrogens is 368 g/mol. The van der Waals surface area contributed by atoms with E-state index in [9.17, 15) is 4.79 Å². The molecule has 1 aliphatic heterocycles. The zero-order chi connectivity index (χ0) is 20.7. The highest BCUT2D eigenvalue weighted by Gasteiger charge is 2.40. The van der Waals surface area contributed by atoms with Gasteiger partial charge in [-0.3, -0.25) is 4.79 Å². The largest absolute Gasteiger partial charge is 0.493 e. The van der Waals surface area contributed by atoms with Gasteiger partial charge in [-0.1, -0.05) is 36.4 Å². The average Bonchev–Trinajstić information content (AvgIpc) is 2.78. The molecule has 0 saturated carbocycles. The van der Waals surface area contributed by atoms with E-state index in [0.717, 1.165) is 24.2 Å². The number of rotatable bonds is 8. The van der Waals surface area contributed by atoms with E-state index < -0.39 is 5.60 Å². The maximum Gasteiger partial charge on any atom is 0.252 e. The monoisotopic (exact) mass is 398 g/mol. The van der Waals surface area contributed by atoms with Crippen LogP contribution in [0.1, 0.15) is 36.9 Å². The SMILES string of the molecule is COc1cc(C(C)NC(=O)C2(OC)CCNCC2)ccc1OCc1ccccc1. The van der Waals surface area contributed by atoms with Crippen LogP contribution in [0.4, 0.5) is 0 Å². The lowest BCUT2D eigenvalue weighted by atomic mass is 9.90. The zero-order valence-electron chi connectivity index (χ0n) is 17.4. The number of amides is 1. The molecule has 2 N–H and O–H groups in total. The highest BCUT2D eigenvalue weighted by atomic mass is 16.5. The molecule has 1 unspecified atom stereocenters. The van der Waals surface area contributed by atoms with Crippen LogP contribution in [0, 0.1) is 0 Å². The van der Waals surface area contributed by atoms with Gasteiger partial charge in [0.25, 0.3) is 5.91 Å². The van der Waals surface area contributed by atoms with Crippen molar-refractivity contribution in [2.45, 2.75) is 38.0 Å². The summed E-state index contributed by atoms with van der Waals surface area (Å²) < 4.78 is 17.1. The molecule has 0 spiro atoms. The third-order valence-electron chi connectivity index (χ3n) is 5.49. The standard InChI is InChI=1S/C23H30N2O4/c1-17(25-22(26)23(28-3)11-13-24-14-12-23)19-9-10-20(21(15-19)27-2)29-16-18-7-5-4-6-8-18/h4-10,15,17,24H,11-14,16H2,1-3H3,(H,25,26). The lowest BCUT2D eigenvalue weighted by Gasteiger charge is -2.35. The molecule has 1 amide bonds. The summed E-state index contributed by atoms with van der Waals surface area (Å²) in [6.45, 7) is 3.97. The summed E-state index contributed by atoms with van der Waals surface area (Å²) in [6.07, 6.45) is 1.33. The fourth-order valence-electron chi connectivity index (χ4n) is 3.57. The number of benzene rings is 2. The number of carbonyl (C=O) groups is 1. The van der Waals surface area contributed by atoms with E-state index in [-0.39, 0.29) is 11.9 Å². The second-order valence-electron chi connectivity index (χ2n) is 7.33. The molecular formula is C23H30N2O4. The van der Waals surface area contributed by atoms with Crippen molar-refractivity contribution >= 4 is 5.91 Å². The Morgan fingerprint density at radius 1 is 1.10 bits per heavy atom. The van der Waals surface area contributed by atoms with E-state index in [1.807, 2.05) is 55.5 Å². The Kier molecular flexibility index (Phi) is 7.12. The van der Waals surface area contributed by atoms with Crippen molar-refractivity contribution in [1.82, 2.24) is 10.6 Å². The van der Waals surface area contributed by atoms with Crippen LogP contribution in [0.15, 0.2) is 48.5 Å². The number of hydrogen-bond donors (Lipinski definition) is 2. The molecule has 0 aromatic heterocycles. The molecule has 1 atom stereocenters. The molecule has 2 aromatic carbocycles. The van der Waals surface area contributed by atoms with Crippen LogP contribution in [0.25, 0.3) is 0 Å². The molecule has 6 nitrogen and oxygen atoms in total. The molecule has 6 heteroatoms. The van der Waals surface area contributed by atoms with Gasteiger partial charge >= 0.3 is 0 Å². The van der Waals surface area contributed by atoms with E-state index in [1.165, 1.54) is 0 Å². The minimum absolute atomic E-state index is 0.0719. The fraction of sp³-hybridized carbons (Fsp3) is 0.435. The number of carbonyl (C=O) groups excluding carboxylic acids is 1. The quantitative estimate of drug-likeness (QED) is 0.715. The predicted octanol–water partition coefficient (Wildman–Crippen LogP) is 3.22. The van der Waals surface area contributed by atoms with Crippen LogP contribution in [0.3, 0.4) is 0 Å². The summed E-state index contributed by atoms with van der Waals surface area (Å²) in [5.41, 5.74) is 1.27. The molecule has 156 valence electrons. The maximum atomic E-state index is 12.9. The van der Waals surface area contributed by atoms with Gasteiger partial charge in [0.05, 0.1) is 13.2 Å². The highest BCUT2D eigenvalue weighted by Crippen LogP contribution is 2.31. The van der Waals surface area contributed by atoms with Crippen molar-refractivity contribution < 1.29 is 19.0 Å². The van der Waals surface area contributed by atoms with Crippen molar-refractivity contribution in [2.75, 3.05) is 27.3 Å². The molecule has 29 heavy (non-hydrogen) atoms. The Morgan fingerprint density at radius 3 is 2.48 bits per heavy atom. The molecule has 0 aliphatic carbocycles. The van der Waals surface area contributed by atoms with Gasteiger partial charge < -0.3 is 24.8 Å². The first kappa shape index (κ1) is 21.1. The van der Waals surface area contributed by atoms with Crippen LogP contribution in [0.2, 0.25) is 0 Å². The summed E-state index contributed by atoms with van der Waals surface area (Å²) in [5, 5.41) is 6.37. The second-order valence-corrected chi connectivity index (χ2v) is 7.33. The van der Waals surface area contributed by atoms with Gasteiger partial charge in [-0.2, -0.15) is 0 Å². The Morgan fingerprint density at radius 2 is 1.83 bits per heavy atom. The van der Waals surface area contributed by atoms with Crippen molar-refractivity contribution in [3.05, 3.63) is 59.7 Å². The van der Waals surface area contributed by atoms with Crippen LogP contribution in [-0.4, -0.2) is 38.8 Å². The molecule has 1 heterocycles. The van der Waals surface area contributed by atoms with Crippen LogP contribution in [-0.2, 0) is 16.1 Å². The second kappa shape index (κ2) is 9.76. The first-order chi connectivity index (χ1) is 14.1. The van der Waals surface area contributed by atoms with Gasteiger partial charge in [0, 0.05) is 7.11 Å². The smallest absolute Gasteiger partial charge is 0.252 e. The maximum absolute atomic E-state index is 12.9. The van der Waals surface area contributed by atoms with E-state index in [0.29, 0.717) is 30.9 Å². The van der Waals surface area contributed by atoms with E-state index in [2.05, 4.69) is 10.6 Å². The summed E-state index contributed by atoms with van der Waals surface area (Å²) in [6, 6.07) is 15.6. The Balaban J connectivity index is 1.67. The van der Waals surface area contributed by atoms with Gasteiger partial charge in [0.1, 0.15) is 12.2 Å². The minimum atomic E-state index is -0.762. The number of piperidine rings is 1. The Labute approximate surface area is 172 Å². The van der Waals surface area contributed by atoms with Crippen LogP contribution >= 0.6 is 0 Å². The lowest BCUT2D eigenvalue weighted by molar-refractivity contribution is -0.147. The van der Waals surface area contributed by atoms with Crippen LogP contribution in [0.5, 0.6) is 11.5 Å². The van der Waals surface area contributed by atoms with Gasteiger partial charge in [-0.15, -0.1) is 0 Å². The van der Waals surface area contributed by atoms with Crippen molar-refractivity contribution in [1.29, 1.82) is 0 Å². The zero-order valence-corrected chi connectivity index (χ0v) is 17.4. The molecule has 3 rings (SSSR count). The normalized spacial score (nSPS) is 16.7. The van der Waals surface area contributed by atoms with Crippen molar-refractivity contribution in [3.63, 3.8) is 0 Å². The number of ether oxygens (including phenoxy) is 3. The summed E-state index contributed by atoms with van der Waals surface area (Å²) in [7, 11) is 3.23. The first-order valence-corrected chi connectivity index (χ1v) is 9.99. The third kappa shape index (κ3) is 5.08. The van der Waals surface area contributed by atoms with Crippen LogP contribution < -0.4 is 20.1 Å². The average molecular weight is 399 g/mol. The molecule has 1 fully saturated rings. The van der Waals surface area contributed by atoms with Gasteiger partial charge in [0.15, 0.2) is 11.5 Å². The van der Waals surface area contributed by atoms with E-state index in [1.54, 1.807) is 14.2 Å². The first-order valence-electron chi connectivity index (χ1n) is 9.99. The Hall–Kier alpha value is -2.57. The molecule has 0 radical (unpaired) electrons. The predicted molar refractivity (Wildman–Crippen MR) is 112 cm³/mol. The molecule has 1 aliphatic rings. The number of methoxy groups -OCH3 is 2. The van der Waals surface area contributed by atoms with Gasteiger partial charge in [-0.05, 0) is 56.1 Å². The van der Waals surface area contributed by atoms with Gasteiger partial charge in [-0.25, -0.2) is 0 Å². The van der Waals surface area contributed by atoms with Crippen molar-refractivity contribution in [3.8, 4) is 11.5 Å². The van der Waals surface area contributed by atoms with E-state index >= 15 is 0 Å². The number of nitrogens with one attached hydrogen (secondary N) is 2. The lowest BCUT2D eigenvalue weighted by Crippen LogP contribution is -2.54. The molecule has 0 bridgehead atoms.